The van der Waals surface area contributed by atoms with Gasteiger partial charge < -0.3 is 9.84 Å². The van der Waals surface area contributed by atoms with Gasteiger partial charge in [-0.2, -0.15) is 5.26 Å². The molecular formula is C15H12N2O3. The molecule has 1 aromatic heterocycles. The molecule has 0 fully saturated rings. The van der Waals surface area contributed by atoms with Crippen LogP contribution in [0.2, 0.25) is 0 Å². The Morgan fingerprint density at radius 1 is 1.45 bits per heavy atom. The van der Waals surface area contributed by atoms with Crippen LogP contribution in [0.1, 0.15) is 27.2 Å². The summed E-state index contributed by atoms with van der Waals surface area (Å²) in [6, 6.07) is 10.3. The molecular weight excluding hydrogens is 256 g/mol. The monoisotopic (exact) mass is 268 g/mol. The zero-order valence-corrected chi connectivity index (χ0v) is 10.8. The smallest absolute Gasteiger partial charge is 0.339 e. The molecule has 2 aromatic rings. The minimum absolute atomic E-state index is 0.0954. The lowest BCUT2D eigenvalue weighted by molar-refractivity contribution is 0.0691. The lowest BCUT2D eigenvalue weighted by Crippen LogP contribution is -2.05. The molecule has 0 amide bonds. The molecule has 0 spiro atoms. The number of nitriles is 1. The van der Waals surface area contributed by atoms with E-state index in [1.165, 1.54) is 12.3 Å². The Bertz CT molecular complexity index is 690. The molecule has 5 nitrogen and oxygen atoms in total. The van der Waals surface area contributed by atoms with Gasteiger partial charge in [0, 0.05) is 11.8 Å². The molecule has 0 saturated carbocycles. The Kier molecular flexibility index (Phi) is 3.96. The molecule has 2 rings (SSSR count). The third-order valence-electron chi connectivity index (χ3n) is 2.75. The van der Waals surface area contributed by atoms with Crippen LogP contribution in [0.3, 0.4) is 0 Å². The normalized spacial score (nSPS) is 9.80. The Balaban J connectivity index is 2.25. The van der Waals surface area contributed by atoms with Crippen molar-refractivity contribution in [2.24, 2.45) is 0 Å². The van der Waals surface area contributed by atoms with Crippen molar-refractivity contribution in [3.8, 4) is 11.8 Å². The fourth-order valence-corrected chi connectivity index (χ4v) is 1.74. The van der Waals surface area contributed by atoms with E-state index in [1.807, 2.05) is 13.0 Å². The average Bonchev–Trinajstić information content (AvgIpc) is 2.45. The topological polar surface area (TPSA) is 83.2 Å². The summed E-state index contributed by atoms with van der Waals surface area (Å²) >= 11 is 0. The van der Waals surface area contributed by atoms with Gasteiger partial charge in [0.05, 0.1) is 0 Å². The van der Waals surface area contributed by atoms with Gasteiger partial charge in [0.25, 0.3) is 0 Å². The van der Waals surface area contributed by atoms with Crippen LogP contribution in [0, 0.1) is 18.3 Å². The maximum Gasteiger partial charge on any atom is 0.339 e. The second-order valence-electron chi connectivity index (χ2n) is 4.22. The first-order chi connectivity index (χ1) is 9.61. The van der Waals surface area contributed by atoms with Crippen LogP contribution in [0.15, 0.2) is 36.5 Å². The van der Waals surface area contributed by atoms with Gasteiger partial charge in [-0.25, -0.2) is 9.78 Å². The van der Waals surface area contributed by atoms with Crippen LogP contribution < -0.4 is 4.74 Å². The first kappa shape index (κ1) is 13.6. The van der Waals surface area contributed by atoms with Crippen LogP contribution in [0.25, 0.3) is 0 Å². The molecule has 100 valence electrons. The molecule has 0 aliphatic rings. The summed E-state index contributed by atoms with van der Waals surface area (Å²) in [5, 5.41) is 18.1. The number of aromatic nitrogens is 1. The van der Waals surface area contributed by atoms with Crippen molar-refractivity contribution >= 4 is 5.97 Å². The van der Waals surface area contributed by atoms with Crippen LogP contribution in [-0.2, 0) is 6.61 Å². The van der Waals surface area contributed by atoms with Gasteiger partial charge in [0.1, 0.15) is 29.7 Å². The molecule has 1 N–H and O–H groups in total. The van der Waals surface area contributed by atoms with Gasteiger partial charge in [0.15, 0.2) is 0 Å². The summed E-state index contributed by atoms with van der Waals surface area (Å²) in [6.07, 6.45) is 1.53. The van der Waals surface area contributed by atoms with E-state index >= 15 is 0 Å². The molecule has 0 unspecified atom stereocenters. The molecule has 0 aliphatic carbocycles. The third-order valence-corrected chi connectivity index (χ3v) is 2.75. The zero-order valence-electron chi connectivity index (χ0n) is 10.8. The van der Waals surface area contributed by atoms with Gasteiger partial charge in [-0.15, -0.1) is 0 Å². The van der Waals surface area contributed by atoms with E-state index in [0.29, 0.717) is 5.56 Å². The van der Waals surface area contributed by atoms with Gasteiger partial charge in [0.2, 0.25) is 0 Å². The summed E-state index contributed by atoms with van der Waals surface area (Å²) in [7, 11) is 0. The number of nitrogens with zero attached hydrogens (tertiary/aromatic N) is 2. The van der Waals surface area contributed by atoms with Crippen LogP contribution in [0.5, 0.6) is 5.75 Å². The second kappa shape index (κ2) is 5.85. The number of carbonyl (C=O) groups is 1. The summed E-state index contributed by atoms with van der Waals surface area (Å²) in [4.78, 5) is 15.0. The highest BCUT2D eigenvalue weighted by atomic mass is 16.5. The third kappa shape index (κ3) is 2.93. The van der Waals surface area contributed by atoms with Gasteiger partial charge in [-0.05, 0) is 30.7 Å². The molecule has 0 saturated heterocycles. The Morgan fingerprint density at radius 2 is 2.25 bits per heavy atom. The van der Waals surface area contributed by atoms with E-state index in [0.717, 1.165) is 5.56 Å². The number of benzene rings is 1. The van der Waals surface area contributed by atoms with E-state index in [-0.39, 0.29) is 23.6 Å². The lowest BCUT2D eigenvalue weighted by atomic mass is 10.1. The van der Waals surface area contributed by atoms with E-state index in [4.69, 9.17) is 15.1 Å². The van der Waals surface area contributed by atoms with Crippen molar-refractivity contribution in [1.82, 2.24) is 4.98 Å². The molecule has 20 heavy (non-hydrogen) atoms. The van der Waals surface area contributed by atoms with Crippen LogP contribution in [-0.4, -0.2) is 16.1 Å². The van der Waals surface area contributed by atoms with Crippen LogP contribution in [0.4, 0.5) is 0 Å². The van der Waals surface area contributed by atoms with Crippen molar-refractivity contribution in [3.05, 3.63) is 58.9 Å². The number of pyridine rings is 1. The zero-order chi connectivity index (χ0) is 14.5. The fraction of sp³-hybridized carbons (Fsp3) is 0.133. The molecule has 0 aliphatic heterocycles. The Labute approximate surface area is 116 Å². The predicted molar refractivity (Wildman–Crippen MR) is 71.4 cm³/mol. The molecule has 0 bridgehead atoms. The minimum atomic E-state index is -1.05. The average molecular weight is 268 g/mol. The van der Waals surface area contributed by atoms with E-state index in [1.54, 1.807) is 24.3 Å². The fourth-order valence-electron chi connectivity index (χ4n) is 1.74. The van der Waals surface area contributed by atoms with Crippen molar-refractivity contribution in [3.63, 3.8) is 0 Å². The lowest BCUT2D eigenvalue weighted by Gasteiger charge is -2.10. The van der Waals surface area contributed by atoms with Crippen LogP contribution >= 0.6 is 0 Å². The number of ether oxygens (including phenoxy) is 1. The van der Waals surface area contributed by atoms with Crippen molar-refractivity contribution in [2.75, 3.05) is 0 Å². The maximum absolute atomic E-state index is 11.1. The number of carboxylic acids is 1. The standard InChI is InChI=1S/C15H12N2O3/c1-10-4-5-12(15(18)19)14(7-10)20-9-11-3-2-6-17-13(11)8-16/h2-7H,9H2,1H3,(H,18,19). The van der Waals surface area contributed by atoms with Crippen molar-refractivity contribution in [1.29, 1.82) is 5.26 Å². The summed E-state index contributed by atoms with van der Waals surface area (Å²) in [5.41, 5.74) is 1.89. The van der Waals surface area contributed by atoms with E-state index in [2.05, 4.69) is 4.98 Å². The quantitative estimate of drug-likeness (QED) is 0.921. The molecule has 1 aromatic carbocycles. The number of aromatic carboxylic acids is 1. The molecule has 0 radical (unpaired) electrons. The number of aryl methyl sites for hydroxylation is 1. The largest absolute Gasteiger partial charge is 0.488 e. The highest BCUT2D eigenvalue weighted by Gasteiger charge is 2.12. The number of carboxylic acid groups (broad SMARTS) is 1. The van der Waals surface area contributed by atoms with Gasteiger partial charge in [-0.3, -0.25) is 0 Å². The highest BCUT2D eigenvalue weighted by molar-refractivity contribution is 5.90. The highest BCUT2D eigenvalue weighted by Crippen LogP contribution is 2.22. The van der Waals surface area contributed by atoms with E-state index < -0.39 is 5.97 Å². The Morgan fingerprint density at radius 3 is 2.95 bits per heavy atom. The summed E-state index contributed by atoms with van der Waals surface area (Å²) < 4.78 is 5.54. The van der Waals surface area contributed by atoms with Gasteiger partial charge >= 0.3 is 5.97 Å². The minimum Gasteiger partial charge on any atom is -0.488 e. The number of hydrogen-bond donors (Lipinski definition) is 1. The molecule has 1 heterocycles. The maximum atomic E-state index is 11.1. The Hall–Kier alpha value is -2.87. The molecule has 0 atom stereocenters. The van der Waals surface area contributed by atoms with Crippen molar-refractivity contribution < 1.29 is 14.6 Å². The summed E-state index contributed by atoms with van der Waals surface area (Å²) in [6.45, 7) is 1.95. The summed E-state index contributed by atoms with van der Waals surface area (Å²) in [5.74, 6) is -0.767. The first-order valence-electron chi connectivity index (χ1n) is 5.92. The number of hydrogen-bond acceptors (Lipinski definition) is 4. The predicted octanol–water partition coefficient (Wildman–Crippen LogP) is 2.54. The van der Waals surface area contributed by atoms with Crippen molar-refractivity contribution in [2.45, 2.75) is 13.5 Å². The SMILES string of the molecule is Cc1ccc(C(=O)O)c(OCc2cccnc2C#N)c1. The van der Waals surface area contributed by atoms with E-state index in [9.17, 15) is 4.79 Å². The second-order valence-corrected chi connectivity index (χ2v) is 4.22. The molecule has 5 heteroatoms. The number of rotatable bonds is 4. The first-order valence-corrected chi connectivity index (χ1v) is 5.92. The van der Waals surface area contributed by atoms with Gasteiger partial charge in [-0.1, -0.05) is 12.1 Å².